The Morgan fingerprint density at radius 2 is 1.83 bits per heavy atom. The molecule has 120 valence electrons. The molecule has 0 saturated carbocycles. The summed E-state index contributed by atoms with van der Waals surface area (Å²) in [6, 6.07) is 1.80. The van der Waals surface area contributed by atoms with Crippen LogP contribution in [-0.2, 0) is 4.79 Å². The lowest BCUT2D eigenvalue weighted by Gasteiger charge is -2.34. The van der Waals surface area contributed by atoms with Gasteiger partial charge in [-0.05, 0) is 6.07 Å². The van der Waals surface area contributed by atoms with Gasteiger partial charge in [0.2, 0.25) is 11.9 Å². The van der Waals surface area contributed by atoms with E-state index >= 15 is 0 Å². The third kappa shape index (κ3) is 4.12. The van der Waals surface area contributed by atoms with Crippen molar-refractivity contribution in [1.82, 2.24) is 24.8 Å². The maximum absolute atomic E-state index is 12.2. The van der Waals surface area contributed by atoms with Gasteiger partial charge < -0.3 is 15.1 Å². The van der Waals surface area contributed by atoms with Crippen molar-refractivity contribution in [3.63, 3.8) is 0 Å². The number of anilines is 2. The second kappa shape index (κ2) is 7.48. The lowest BCUT2D eigenvalue weighted by atomic mass is 10.3. The Morgan fingerprint density at radius 1 is 1.04 bits per heavy atom. The van der Waals surface area contributed by atoms with Crippen molar-refractivity contribution >= 4 is 17.7 Å². The lowest BCUT2D eigenvalue weighted by molar-refractivity contribution is -0.131. The summed E-state index contributed by atoms with van der Waals surface area (Å²) in [6.07, 6.45) is 8.79. The van der Waals surface area contributed by atoms with Gasteiger partial charge in [-0.25, -0.2) is 15.0 Å². The molecule has 1 amide bonds. The van der Waals surface area contributed by atoms with E-state index in [1.807, 2.05) is 4.90 Å². The molecule has 8 nitrogen and oxygen atoms in total. The molecular formula is C15H19N7O. The van der Waals surface area contributed by atoms with Gasteiger partial charge in [-0.1, -0.05) is 0 Å². The molecule has 3 rings (SSSR count). The quantitative estimate of drug-likeness (QED) is 0.856. The van der Waals surface area contributed by atoms with Crippen LogP contribution in [0.25, 0.3) is 0 Å². The predicted octanol–water partition coefficient (Wildman–Crippen LogP) is 0.417. The molecule has 23 heavy (non-hydrogen) atoms. The molecule has 1 fully saturated rings. The van der Waals surface area contributed by atoms with Crippen LogP contribution in [0.2, 0.25) is 0 Å². The predicted molar refractivity (Wildman–Crippen MR) is 86.0 cm³/mol. The molecule has 0 atom stereocenters. The van der Waals surface area contributed by atoms with E-state index in [2.05, 4.69) is 30.2 Å². The van der Waals surface area contributed by atoms with Crippen molar-refractivity contribution in [2.75, 3.05) is 42.9 Å². The van der Waals surface area contributed by atoms with Gasteiger partial charge in [0.25, 0.3) is 0 Å². The zero-order valence-corrected chi connectivity index (χ0v) is 12.8. The maximum atomic E-state index is 12.2. The maximum Gasteiger partial charge on any atom is 0.225 e. The summed E-state index contributed by atoms with van der Waals surface area (Å²) in [5, 5.41) is 3.10. The number of carbonyl (C=O) groups excluding carboxylic acids is 1. The highest BCUT2D eigenvalue weighted by atomic mass is 16.2. The Hall–Kier alpha value is -2.77. The summed E-state index contributed by atoms with van der Waals surface area (Å²) in [5.41, 5.74) is 0. The minimum atomic E-state index is 0.148. The average molecular weight is 313 g/mol. The molecule has 0 aliphatic carbocycles. The van der Waals surface area contributed by atoms with Crippen molar-refractivity contribution in [1.29, 1.82) is 0 Å². The van der Waals surface area contributed by atoms with E-state index in [0.717, 1.165) is 19.0 Å². The summed E-state index contributed by atoms with van der Waals surface area (Å²) in [5.74, 6) is 1.56. The molecular weight excluding hydrogens is 294 g/mol. The van der Waals surface area contributed by atoms with Crippen LogP contribution in [0.3, 0.4) is 0 Å². The fourth-order valence-corrected chi connectivity index (χ4v) is 2.46. The lowest BCUT2D eigenvalue weighted by Crippen LogP contribution is -2.49. The number of nitrogens with zero attached hydrogens (tertiary/aromatic N) is 6. The number of carbonyl (C=O) groups is 1. The van der Waals surface area contributed by atoms with E-state index in [0.29, 0.717) is 31.9 Å². The molecule has 0 spiro atoms. The molecule has 0 radical (unpaired) electrons. The van der Waals surface area contributed by atoms with Crippen LogP contribution in [0.4, 0.5) is 11.8 Å². The zero-order valence-electron chi connectivity index (χ0n) is 12.8. The molecule has 1 saturated heterocycles. The number of hydrogen-bond donors (Lipinski definition) is 1. The van der Waals surface area contributed by atoms with E-state index in [4.69, 9.17) is 0 Å². The fourth-order valence-electron chi connectivity index (χ4n) is 2.46. The molecule has 2 aromatic rings. The summed E-state index contributed by atoms with van der Waals surface area (Å²) < 4.78 is 0. The number of piperazine rings is 1. The molecule has 3 heterocycles. The molecule has 1 aliphatic rings. The van der Waals surface area contributed by atoms with Crippen LogP contribution in [0, 0.1) is 0 Å². The van der Waals surface area contributed by atoms with Crippen molar-refractivity contribution in [3.05, 3.63) is 37.1 Å². The zero-order chi connectivity index (χ0) is 15.9. The fraction of sp³-hybridized carbons (Fsp3) is 0.400. The van der Waals surface area contributed by atoms with Crippen LogP contribution in [0.5, 0.6) is 0 Å². The number of rotatable bonds is 5. The smallest absolute Gasteiger partial charge is 0.225 e. The Bertz CT molecular complexity index is 614. The van der Waals surface area contributed by atoms with Gasteiger partial charge in [0, 0.05) is 63.9 Å². The Labute approximate surface area is 134 Å². The highest BCUT2D eigenvalue weighted by Crippen LogP contribution is 2.10. The molecule has 0 aromatic carbocycles. The van der Waals surface area contributed by atoms with Gasteiger partial charge >= 0.3 is 0 Å². The molecule has 0 unspecified atom stereocenters. The minimum absolute atomic E-state index is 0.148. The van der Waals surface area contributed by atoms with Crippen molar-refractivity contribution in [3.8, 4) is 0 Å². The summed E-state index contributed by atoms with van der Waals surface area (Å²) >= 11 is 0. The SMILES string of the molecule is O=C(CCNc1cnccn1)N1CCN(c2ncccn2)CC1. The summed E-state index contributed by atoms with van der Waals surface area (Å²) in [4.78, 5) is 32.8. The van der Waals surface area contributed by atoms with E-state index < -0.39 is 0 Å². The van der Waals surface area contributed by atoms with Gasteiger partial charge in [0.1, 0.15) is 5.82 Å². The van der Waals surface area contributed by atoms with Crippen LogP contribution >= 0.6 is 0 Å². The minimum Gasteiger partial charge on any atom is -0.368 e. The first-order valence-corrected chi connectivity index (χ1v) is 7.62. The van der Waals surface area contributed by atoms with E-state index in [1.165, 1.54) is 0 Å². The topological polar surface area (TPSA) is 87.1 Å². The normalized spacial score (nSPS) is 14.6. The second-order valence-electron chi connectivity index (χ2n) is 5.18. The average Bonchev–Trinajstić information content (AvgIpc) is 2.63. The van der Waals surface area contributed by atoms with E-state index in [-0.39, 0.29) is 5.91 Å². The first-order chi connectivity index (χ1) is 11.3. The highest BCUT2D eigenvalue weighted by molar-refractivity contribution is 5.77. The molecule has 2 aromatic heterocycles. The third-order valence-corrected chi connectivity index (χ3v) is 3.68. The van der Waals surface area contributed by atoms with Gasteiger partial charge in [-0.15, -0.1) is 0 Å². The third-order valence-electron chi connectivity index (χ3n) is 3.68. The van der Waals surface area contributed by atoms with Crippen LogP contribution < -0.4 is 10.2 Å². The van der Waals surface area contributed by atoms with Crippen LogP contribution in [0.1, 0.15) is 6.42 Å². The molecule has 1 aliphatic heterocycles. The number of nitrogens with one attached hydrogen (secondary N) is 1. The van der Waals surface area contributed by atoms with Gasteiger partial charge in [-0.3, -0.25) is 9.78 Å². The van der Waals surface area contributed by atoms with Gasteiger partial charge in [0.15, 0.2) is 0 Å². The van der Waals surface area contributed by atoms with E-state index in [1.54, 1.807) is 37.1 Å². The van der Waals surface area contributed by atoms with Crippen LogP contribution in [-0.4, -0.2) is 63.5 Å². The van der Waals surface area contributed by atoms with Crippen molar-refractivity contribution < 1.29 is 4.79 Å². The number of hydrogen-bond acceptors (Lipinski definition) is 7. The standard InChI is InChI=1S/C15H19N7O/c23-14(2-5-17-13-12-16-6-7-18-13)21-8-10-22(11-9-21)15-19-3-1-4-20-15/h1,3-4,6-7,12H,2,5,8-11H2,(H,17,18). The monoisotopic (exact) mass is 313 g/mol. The number of aromatic nitrogens is 4. The first-order valence-electron chi connectivity index (χ1n) is 7.62. The second-order valence-corrected chi connectivity index (χ2v) is 5.18. The largest absolute Gasteiger partial charge is 0.368 e. The van der Waals surface area contributed by atoms with Gasteiger partial charge in [0.05, 0.1) is 6.20 Å². The van der Waals surface area contributed by atoms with Crippen molar-refractivity contribution in [2.24, 2.45) is 0 Å². The molecule has 1 N–H and O–H groups in total. The highest BCUT2D eigenvalue weighted by Gasteiger charge is 2.21. The Kier molecular flexibility index (Phi) is 4.92. The van der Waals surface area contributed by atoms with Crippen molar-refractivity contribution in [2.45, 2.75) is 6.42 Å². The van der Waals surface area contributed by atoms with Crippen LogP contribution in [0.15, 0.2) is 37.1 Å². The molecule has 0 bridgehead atoms. The summed E-state index contributed by atoms with van der Waals surface area (Å²) in [7, 11) is 0. The Balaban J connectivity index is 1.41. The van der Waals surface area contributed by atoms with Gasteiger partial charge in [-0.2, -0.15) is 0 Å². The summed E-state index contributed by atoms with van der Waals surface area (Å²) in [6.45, 7) is 3.46. The Morgan fingerprint density at radius 3 is 2.52 bits per heavy atom. The molecule has 8 heteroatoms. The first kappa shape index (κ1) is 15.1. The number of amides is 1. The van der Waals surface area contributed by atoms with E-state index in [9.17, 15) is 4.79 Å².